The number of rotatable bonds is 3. The van der Waals surface area contributed by atoms with Crippen molar-refractivity contribution in [3.63, 3.8) is 0 Å². The van der Waals surface area contributed by atoms with Crippen LogP contribution >= 0.6 is 11.6 Å². The van der Waals surface area contributed by atoms with E-state index in [0.29, 0.717) is 24.0 Å². The standard InChI is InChI=1S/C18H18ClFN2O/c19-16-2-1-3-17(20)15(16)12-18(23)22-10-6-14(7-11-22)13-4-8-21-9-5-13/h1-5,8-9,14H,6-7,10-12H2. The minimum Gasteiger partial charge on any atom is -0.342 e. The lowest BCUT2D eigenvalue weighted by molar-refractivity contribution is -0.131. The second-order valence-corrected chi connectivity index (χ2v) is 6.22. The van der Waals surface area contributed by atoms with Crippen LogP contribution < -0.4 is 0 Å². The quantitative estimate of drug-likeness (QED) is 0.856. The molecule has 5 heteroatoms. The topological polar surface area (TPSA) is 33.2 Å². The van der Waals surface area contributed by atoms with E-state index in [1.54, 1.807) is 29.4 Å². The van der Waals surface area contributed by atoms with Gasteiger partial charge in [0, 0.05) is 36.1 Å². The van der Waals surface area contributed by atoms with Gasteiger partial charge in [-0.25, -0.2) is 4.39 Å². The minimum atomic E-state index is -0.419. The SMILES string of the molecule is O=C(Cc1c(F)cccc1Cl)N1CCC(c2ccncc2)CC1. The molecular weight excluding hydrogens is 315 g/mol. The first-order valence-electron chi connectivity index (χ1n) is 7.75. The van der Waals surface area contributed by atoms with Gasteiger partial charge in [0.25, 0.3) is 0 Å². The van der Waals surface area contributed by atoms with Gasteiger partial charge in [-0.1, -0.05) is 17.7 Å². The van der Waals surface area contributed by atoms with E-state index in [-0.39, 0.29) is 17.9 Å². The molecule has 0 saturated carbocycles. The predicted molar refractivity (Wildman–Crippen MR) is 87.9 cm³/mol. The van der Waals surface area contributed by atoms with Crippen molar-refractivity contribution >= 4 is 17.5 Å². The molecule has 1 saturated heterocycles. The van der Waals surface area contributed by atoms with Crippen LogP contribution in [0.1, 0.15) is 29.9 Å². The number of piperidine rings is 1. The molecule has 0 spiro atoms. The van der Waals surface area contributed by atoms with Gasteiger partial charge in [-0.2, -0.15) is 0 Å². The highest BCUT2D eigenvalue weighted by Crippen LogP contribution is 2.28. The molecule has 0 aliphatic carbocycles. The molecule has 23 heavy (non-hydrogen) atoms. The van der Waals surface area contributed by atoms with Crippen LogP contribution in [-0.4, -0.2) is 28.9 Å². The predicted octanol–water partition coefficient (Wildman–Crippen LogP) is 3.82. The minimum absolute atomic E-state index is 0.0193. The highest BCUT2D eigenvalue weighted by atomic mass is 35.5. The summed E-state index contributed by atoms with van der Waals surface area (Å²) in [5, 5.41) is 0.310. The molecule has 0 bridgehead atoms. The lowest BCUT2D eigenvalue weighted by atomic mass is 9.90. The molecule has 2 heterocycles. The van der Waals surface area contributed by atoms with Gasteiger partial charge in [-0.3, -0.25) is 9.78 Å². The normalized spacial score (nSPS) is 15.7. The summed E-state index contributed by atoms with van der Waals surface area (Å²) >= 11 is 6.00. The van der Waals surface area contributed by atoms with Crippen molar-refractivity contribution in [3.05, 3.63) is 64.7 Å². The number of likely N-dealkylation sites (tertiary alicyclic amines) is 1. The monoisotopic (exact) mass is 332 g/mol. The zero-order valence-electron chi connectivity index (χ0n) is 12.7. The largest absolute Gasteiger partial charge is 0.342 e. The molecule has 3 nitrogen and oxygen atoms in total. The van der Waals surface area contributed by atoms with Gasteiger partial charge in [-0.15, -0.1) is 0 Å². The van der Waals surface area contributed by atoms with Crippen LogP contribution in [-0.2, 0) is 11.2 Å². The molecular formula is C18H18ClFN2O. The maximum Gasteiger partial charge on any atom is 0.227 e. The number of aromatic nitrogens is 1. The van der Waals surface area contributed by atoms with E-state index in [1.807, 2.05) is 12.1 Å². The zero-order valence-corrected chi connectivity index (χ0v) is 13.5. The molecule has 1 fully saturated rings. The maximum absolute atomic E-state index is 13.8. The molecule has 2 aromatic rings. The summed E-state index contributed by atoms with van der Waals surface area (Å²) in [5.41, 5.74) is 1.56. The molecule has 1 aromatic heterocycles. The van der Waals surface area contributed by atoms with E-state index in [4.69, 9.17) is 11.6 Å². The van der Waals surface area contributed by atoms with E-state index in [1.165, 1.54) is 11.6 Å². The van der Waals surface area contributed by atoms with Gasteiger partial charge in [0.15, 0.2) is 0 Å². The number of amides is 1. The first-order valence-corrected chi connectivity index (χ1v) is 8.13. The summed E-state index contributed by atoms with van der Waals surface area (Å²) in [6.45, 7) is 1.38. The van der Waals surface area contributed by atoms with Crippen molar-refractivity contribution in [2.24, 2.45) is 0 Å². The van der Waals surface area contributed by atoms with E-state index >= 15 is 0 Å². The van der Waals surface area contributed by atoms with E-state index in [2.05, 4.69) is 4.98 Å². The zero-order chi connectivity index (χ0) is 16.2. The first kappa shape index (κ1) is 15.9. The van der Waals surface area contributed by atoms with E-state index in [0.717, 1.165) is 12.8 Å². The number of carbonyl (C=O) groups excluding carboxylic acids is 1. The Balaban J connectivity index is 1.60. The third kappa shape index (κ3) is 3.70. The highest BCUT2D eigenvalue weighted by Gasteiger charge is 2.24. The van der Waals surface area contributed by atoms with Crippen LogP contribution in [0.25, 0.3) is 0 Å². The molecule has 1 aliphatic heterocycles. The highest BCUT2D eigenvalue weighted by molar-refractivity contribution is 6.31. The van der Waals surface area contributed by atoms with Crippen LogP contribution in [0, 0.1) is 5.82 Å². The Kier molecular flexibility index (Phi) is 4.91. The Hall–Kier alpha value is -1.94. The molecule has 1 aromatic carbocycles. The van der Waals surface area contributed by atoms with Crippen molar-refractivity contribution in [1.82, 2.24) is 9.88 Å². The van der Waals surface area contributed by atoms with Crippen LogP contribution in [0.4, 0.5) is 4.39 Å². The summed E-state index contributed by atoms with van der Waals surface area (Å²) in [6, 6.07) is 8.56. The van der Waals surface area contributed by atoms with E-state index in [9.17, 15) is 9.18 Å². The Bertz CT molecular complexity index is 664. The second-order valence-electron chi connectivity index (χ2n) is 5.81. The molecule has 120 valence electrons. The van der Waals surface area contributed by atoms with Crippen molar-refractivity contribution < 1.29 is 9.18 Å². The van der Waals surface area contributed by atoms with Gasteiger partial charge in [-0.05, 0) is 48.6 Å². The third-order valence-electron chi connectivity index (χ3n) is 4.41. The van der Waals surface area contributed by atoms with Gasteiger partial charge < -0.3 is 4.90 Å². The van der Waals surface area contributed by atoms with Crippen LogP contribution in [0.2, 0.25) is 5.02 Å². The molecule has 1 amide bonds. The number of benzene rings is 1. The maximum atomic E-state index is 13.8. The lowest BCUT2D eigenvalue weighted by Crippen LogP contribution is -2.39. The summed E-state index contributed by atoms with van der Waals surface area (Å²) in [5.74, 6) is -0.0261. The summed E-state index contributed by atoms with van der Waals surface area (Å²) in [4.78, 5) is 18.2. The van der Waals surface area contributed by atoms with Gasteiger partial charge in [0.2, 0.25) is 5.91 Å². The number of hydrogen-bond acceptors (Lipinski definition) is 2. The van der Waals surface area contributed by atoms with Crippen LogP contribution in [0.3, 0.4) is 0 Å². The summed E-state index contributed by atoms with van der Waals surface area (Å²) in [6.07, 6.45) is 5.45. The van der Waals surface area contributed by atoms with Crippen molar-refractivity contribution in [2.45, 2.75) is 25.2 Å². The molecule has 3 rings (SSSR count). The summed E-state index contributed by atoms with van der Waals surface area (Å²) in [7, 11) is 0. The lowest BCUT2D eigenvalue weighted by Gasteiger charge is -2.32. The fourth-order valence-electron chi connectivity index (χ4n) is 3.06. The van der Waals surface area contributed by atoms with E-state index < -0.39 is 5.82 Å². The smallest absolute Gasteiger partial charge is 0.227 e. The van der Waals surface area contributed by atoms with Gasteiger partial charge in [0.1, 0.15) is 5.82 Å². The second kappa shape index (κ2) is 7.09. The Morgan fingerprint density at radius 3 is 2.57 bits per heavy atom. The van der Waals surface area contributed by atoms with Crippen molar-refractivity contribution in [1.29, 1.82) is 0 Å². The van der Waals surface area contributed by atoms with Crippen LogP contribution in [0.15, 0.2) is 42.7 Å². The summed E-state index contributed by atoms with van der Waals surface area (Å²) < 4.78 is 13.8. The third-order valence-corrected chi connectivity index (χ3v) is 4.77. The molecule has 0 atom stereocenters. The Morgan fingerprint density at radius 2 is 1.91 bits per heavy atom. The Morgan fingerprint density at radius 1 is 1.22 bits per heavy atom. The molecule has 0 radical (unpaired) electrons. The fraction of sp³-hybridized carbons (Fsp3) is 0.333. The number of halogens is 2. The Labute approximate surface area is 140 Å². The number of pyridine rings is 1. The first-order chi connectivity index (χ1) is 11.1. The molecule has 1 aliphatic rings. The average Bonchev–Trinajstić information content (AvgIpc) is 2.59. The number of nitrogens with zero attached hydrogens (tertiary/aromatic N) is 2. The molecule has 0 N–H and O–H groups in total. The number of hydrogen-bond donors (Lipinski definition) is 0. The van der Waals surface area contributed by atoms with Crippen molar-refractivity contribution in [3.8, 4) is 0 Å². The van der Waals surface area contributed by atoms with Gasteiger partial charge in [0.05, 0.1) is 6.42 Å². The average molecular weight is 333 g/mol. The molecule has 0 unspecified atom stereocenters. The van der Waals surface area contributed by atoms with Gasteiger partial charge >= 0.3 is 0 Å². The van der Waals surface area contributed by atoms with Crippen molar-refractivity contribution in [2.75, 3.05) is 13.1 Å². The number of carbonyl (C=O) groups is 1. The fourth-order valence-corrected chi connectivity index (χ4v) is 3.29. The van der Waals surface area contributed by atoms with Crippen LogP contribution in [0.5, 0.6) is 0 Å².